The fraction of sp³-hybridized carbons (Fsp3) is 0.258. The van der Waals surface area contributed by atoms with E-state index in [4.69, 9.17) is 41.2 Å². The zero-order chi connectivity index (χ0) is 33.6. The summed E-state index contributed by atoms with van der Waals surface area (Å²) in [5, 5.41) is 16.8. The van der Waals surface area contributed by atoms with E-state index in [1.807, 2.05) is 16.7 Å². The van der Waals surface area contributed by atoms with Crippen molar-refractivity contribution in [1.82, 2.24) is 9.55 Å². The molecule has 7 nitrogen and oxygen atoms in total. The molecule has 4 aromatic rings. The molecule has 5 rings (SSSR count). The predicted octanol–water partition coefficient (Wildman–Crippen LogP) is 8.25. The number of rotatable bonds is 8. The van der Waals surface area contributed by atoms with Crippen molar-refractivity contribution >= 4 is 29.3 Å². The van der Waals surface area contributed by atoms with Gasteiger partial charge in [0.15, 0.2) is 11.8 Å². The van der Waals surface area contributed by atoms with Gasteiger partial charge < -0.3 is 14.6 Å². The largest absolute Gasteiger partial charge is 0.495 e. The first-order chi connectivity index (χ1) is 21.8. The van der Waals surface area contributed by atoms with Gasteiger partial charge >= 0.3 is 12.1 Å². The summed E-state index contributed by atoms with van der Waals surface area (Å²) in [5.74, 6) is -4.24. The lowest BCUT2D eigenvalue weighted by atomic mass is 9.84. The molecular weight excluding hydrogens is 660 g/mol. The number of benzene rings is 3. The number of fused-ring (bicyclic) bond motifs is 1. The third-order valence-electron chi connectivity index (χ3n) is 6.86. The molecule has 1 heterocycles. The van der Waals surface area contributed by atoms with Crippen molar-refractivity contribution in [1.29, 1.82) is 5.26 Å². The standard InChI is InChI=1S/C29H23ClF3N3O2S.C2HF3O2/c1-37-27-13-17(5-10-23(27)30)21-3-2-4-26-28(21)36(19-8-6-18(31)7-9-19)29(35-26)39-16-22-24(32)14-20(15-25(22)33)38-12-11-34;3-2(4,5)1(6)7/h5-10,13-15,21H,2-4,12,16H2,1H3;(H,6,7). The van der Waals surface area contributed by atoms with Crippen LogP contribution in [0.15, 0.2) is 59.8 Å². The molecule has 242 valence electrons. The predicted molar refractivity (Wildman–Crippen MR) is 157 cm³/mol. The molecule has 0 aliphatic heterocycles. The molecule has 0 amide bonds. The Hall–Kier alpha value is -4.35. The van der Waals surface area contributed by atoms with E-state index >= 15 is 0 Å². The Morgan fingerprint density at radius 1 is 1.13 bits per heavy atom. The Morgan fingerprint density at radius 2 is 1.78 bits per heavy atom. The van der Waals surface area contributed by atoms with Crippen molar-refractivity contribution in [3.05, 3.63) is 99.6 Å². The molecule has 1 aromatic heterocycles. The molecule has 0 bridgehead atoms. The van der Waals surface area contributed by atoms with Crippen LogP contribution in [0.4, 0.5) is 26.3 Å². The van der Waals surface area contributed by atoms with Crippen molar-refractivity contribution < 1.29 is 45.7 Å². The maximum Gasteiger partial charge on any atom is 0.490 e. The highest BCUT2D eigenvalue weighted by molar-refractivity contribution is 7.98. The summed E-state index contributed by atoms with van der Waals surface area (Å²) >= 11 is 7.47. The van der Waals surface area contributed by atoms with Crippen LogP contribution in [0.2, 0.25) is 5.02 Å². The van der Waals surface area contributed by atoms with Gasteiger partial charge in [-0.25, -0.2) is 22.9 Å². The summed E-state index contributed by atoms with van der Waals surface area (Å²) in [6.07, 6.45) is -2.59. The number of ether oxygens (including phenoxy) is 2. The van der Waals surface area contributed by atoms with Gasteiger partial charge in [0.25, 0.3) is 0 Å². The van der Waals surface area contributed by atoms with Crippen LogP contribution in [0.25, 0.3) is 5.69 Å². The number of alkyl halides is 3. The van der Waals surface area contributed by atoms with Crippen molar-refractivity contribution in [2.24, 2.45) is 0 Å². The monoisotopic (exact) mass is 683 g/mol. The first-order valence-corrected chi connectivity index (χ1v) is 14.8. The highest BCUT2D eigenvalue weighted by Crippen LogP contribution is 2.43. The average Bonchev–Trinajstić information content (AvgIpc) is 3.38. The number of hydrogen-bond donors (Lipinski definition) is 1. The molecule has 46 heavy (non-hydrogen) atoms. The van der Waals surface area contributed by atoms with Crippen LogP contribution in [0.3, 0.4) is 0 Å². The van der Waals surface area contributed by atoms with Crippen LogP contribution in [0.1, 0.15) is 41.3 Å². The van der Waals surface area contributed by atoms with Crippen LogP contribution in [0.5, 0.6) is 11.5 Å². The third-order valence-corrected chi connectivity index (χ3v) is 8.14. The Bertz CT molecular complexity index is 1740. The van der Waals surface area contributed by atoms with Crippen molar-refractivity contribution in [2.75, 3.05) is 13.7 Å². The number of imidazole rings is 1. The van der Waals surface area contributed by atoms with Gasteiger partial charge in [-0.05, 0) is 61.2 Å². The van der Waals surface area contributed by atoms with Gasteiger partial charge in [0, 0.05) is 35.1 Å². The fourth-order valence-electron chi connectivity index (χ4n) is 4.81. The van der Waals surface area contributed by atoms with Gasteiger partial charge in [-0.2, -0.15) is 18.4 Å². The number of halogens is 7. The van der Waals surface area contributed by atoms with Gasteiger partial charge in [-0.15, -0.1) is 0 Å². The summed E-state index contributed by atoms with van der Waals surface area (Å²) in [5.41, 5.74) is 3.40. The molecule has 1 N–H and O–H groups in total. The van der Waals surface area contributed by atoms with Crippen molar-refractivity contribution in [3.8, 4) is 23.3 Å². The van der Waals surface area contributed by atoms with Gasteiger partial charge in [-0.3, -0.25) is 4.57 Å². The highest BCUT2D eigenvalue weighted by atomic mass is 35.5. The quantitative estimate of drug-likeness (QED) is 0.148. The van der Waals surface area contributed by atoms with E-state index in [1.165, 1.54) is 23.9 Å². The second-order valence-electron chi connectivity index (χ2n) is 9.78. The maximum absolute atomic E-state index is 14.8. The number of nitrogens with zero attached hydrogens (tertiary/aromatic N) is 3. The molecule has 15 heteroatoms. The topological polar surface area (TPSA) is 97.4 Å². The van der Waals surface area contributed by atoms with E-state index in [2.05, 4.69) is 0 Å². The van der Waals surface area contributed by atoms with Crippen LogP contribution in [0, 0.1) is 28.8 Å². The van der Waals surface area contributed by atoms with Crippen molar-refractivity contribution in [3.63, 3.8) is 0 Å². The molecule has 1 unspecified atom stereocenters. The summed E-state index contributed by atoms with van der Waals surface area (Å²) < 4.78 is 87.6. The van der Waals surface area contributed by atoms with Gasteiger partial charge in [0.1, 0.15) is 35.0 Å². The first kappa shape index (κ1) is 34.5. The molecule has 0 saturated heterocycles. The summed E-state index contributed by atoms with van der Waals surface area (Å²) in [7, 11) is 1.56. The number of aromatic nitrogens is 2. The number of carboxylic acids is 1. The molecule has 0 radical (unpaired) electrons. The number of aryl methyl sites for hydroxylation is 1. The molecule has 0 saturated carbocycles. The SMILES string of the molecule is COc1cc(C2CCCc3nc(SCc4c(F)cc(OCC#N)cc4F)n(-c4ccc(F)cc4)c32)ccc1Cl.O=C(O)C(F)(F)F. The Kier molecular flexibility index (Phi) is 11.1. The molecular formula is C31H24ClF6N3O4S. The van der Waals surface area contributed by atoms with Gasteiger partial charge in [0.05, 0.1) is 23.5 Å². The number of hydrogen-bond acceptors (Lipinski definition) is 6. The molecule has 1 atom stereocenters. The molecule has 0 fully saturated rings. The maximum atomic E-state index is 14.8. The number of carboxylic acid groups (broad SMARTS) is 1. The molecule has 1 aliphatic rings. The summed E-state index contributed by atoms with van der Waals surface area (Å²) in [6.45, 7) is -0.311. The molecule has 1 aliphatic carbocycles. The highest BCUT2D eigenvalue weighted by Gasteiger charge is 2.38. The molecule has 3 aromatic carbocycles. The lowest BCUT2D eigenvalue weighted by Gasteiger charge is -2.26. The van der Waals surface area contributed by atoms with Gasteiger partial charge in [-0.1, -0.05) is 29.4 Å². The average molecular weight is 684 g/mol. The Labute approximate surface area is 268 Å². The second-order valence-corrected chi connectivity index (χ2v) is 11.1. The van der Waals surface area contributed by atoms with Crippen LogP contribution in [-0.4, -0.2) is 40.5 Å². The van der Waals surface area contributed by atoms with E-state index in [1.54, 1.807) is 31.4 Å². The van der Waals surface area contributed by atoms with Crippen LogP contribution < -0.4 is 9.47 Å². The third kappa shape index (κ3) is 8.07. The minimum atomic E-state index is -5.08. The Morgan fingerprint density at radius 3 is 2.37 bits per heavy atom. The number of carbonyl (C=O) groups is 1. The van der Waals surface area contributed by atoms with E-state index in [0.29, 0.717) is 21.6 Å². The number of thioether (sulfide) groups is 1. The first-order valence-electron chi connectivity index (χ1n) is 13.5. The van der Waals surface area contributed by atoms with E-state index < -0.39 is 23.8 Å². The zero-order valence-electron chi connectivity index (χ0n) is 23.9. The zero-order valence-corrected chi connectivity index (χ0v) is 25.4. The van der Waals surface area contributed by atoms with E-state index in [9.17, 15) is 26.3 Å². The number of aliphatic carboxylic acids is 1. The van der Waals surface area contributed by atoms with Crippen molar-refractivity contribution in [2.45, 2.75) is 42.3 Å². The normalized spacial score (nSPS) is 14.0. The van der Waals surface area contributed by atoms with E-state index in [-0.39, 0.29) is 35.4 Å². The second kappa shape index (κ2) is 14.8. The minimum absolute atomic E-state index is 0.0350. The lowest BCUT2D eigenvalue weighted by molar-refractivity contribution is -0.192. The lowest BCUT2D eigenvalue weighted by Crippen LogP contribution is -2.21. The summed E-state index contributed by atoms with van der Waals surface area (Å²) in [4.78, 5) is 13.8. The van der Waals surface area contributed by atoms with Gasteiger partial charge in [0.2, 0.25) is 0 Å². The van der Waals surface area contributed by atoms with Crippen LogP contribution >= 0.6 is 23.4 Å². The number of nitriles is 1. The minimum Gasteiger partial charge on any atom is -0.495 e. The van der Waals surface area contributed by atoms with E-state index in [0.717, 1.165) is 48.3 Å². The smallest absolute Gasteiger partial charge is 0.490 e. The van der Waals surface area contributed by atoms with Crippen LogP contribution in [-0.2, 0) is 17.0 Å². The fourth-order valence-corrected chi connectivity index (χ4v) is 6.07. The number of methoxy groups -OCH3 is 1. The molecule has 0 spiro atoms. The Balaban J connectivity index is 0.000000617. The summed E-state index contributed by atoms with van der Waals surface area (Å²) in [6, 6.07) is 15.7.